The predicted molar refractivity (Wildman–Crippen MR) is 50.1 cm³/mol. The van der Waals surface area contributed by atoms with Crippen LogP contribution in [0.15, 0.2) is 0 Å². The van der Waals surface area contributed by atoms with Crippen LogP contribution in [0.1, 0.15) is 13.3 Å². The summed E-state index contributed by atoms with van der Waals surface area (Å²) in [6, 6.07) is 0. The van der Waals surface area contributed by atoms with Gasteiger partial charge in [0.05, 0.1) is 39.6 Å². The molecule has 14 heavy (non-hydrogen) atoms. The van der Waals surface area contributed by atoms with Gasteiger partial charge < -0.3 is 18.9 Å². The Morgan fingerprint density at radius 3 is 2.57 bits per heavy atom. The van der Waals surface area contributed by atoms with Gasteiger partial charge in [0.15, 0.2) is 6.29 Å². The minimum Gasteiger partial charge on any atom is -0.380 e. The van der Waals surface area contributed by atoms with Crippen molar-refractivity contribution in [2.24, 2.45) is 5.41 Å². The molecule has 0 aromatic carbocycles. The Kier molecular flexibility index (Phi) is 3.38. The van der Waals surface area contributed by atoms with Crippen LogP contribution in [0, 0.1) is 5.41 Å². The fraction of sp³-hybridized carbons (Fsp3) is 1.00. The van der Waals surface area contributed by atoms with E-state index in [0.29, 0.717) is 6.61 Å². The van der Waals surface area contributed by atoms with E-state index in [0.717, 1.165) is 39.5 Å². The highest BCUT2D eigenvalue weighted by Crippen LogP contribution is 2.26. The van der Waals surface area contributed by atoms with Crippen LogP contribution in [-0.4, -0.2) is 45.9 Å². The lowest BCUT2D eigenvalue weighted by Gasteiger charge is -2.38. The quantitative estimate of drug-likeness (QED) is 0.675. The zero-order valence-electron chi connectivity index (χ0n) is 8.66. The van der Waals surface area contributed by atoms with Crippen LogP contribution in [0.25, 0.3) is 0 Å². The van der Waals surface area contributed by atoms with Gasteiger partial charge in [-0.3, -0.25) is 0 Å². The van der Waals surface area contributed by atoms with Crippen molar-refractivity contribution in [2.45, 2.75) is 19.6 Å². The first-order valence-electron chi connectivity index (χ1n) is 5.17. The van der Waals surface area contributed by atoms with Crippen LogP contribution in [-0.2, 0) is 18.9 Å². The molecule has 0 aromatic rings. The van der Waals surface area contributed by atoms with E-state index >= 15 is 0 Å². The second kappa shape index (κ2) is 4.57. The molecular formula is C10H18O4. The lowest BCUT2D eigenvalue weighted by molar-refractivity contribution is -0.215. The molecule has 0 spiro atoms. The molecule has 2 rings (SSSR count). The predicted octanol–water partition coefficient (Wildman–Crippen LogP) is 0.802. The monoisotopic (exact) mass is 202 g/mol. The Bertz CT molecular complexity index is 173. The molecule has 0 amide bonds. The smallest absolute Gasteiger partial charge is 0.180 e. The van der Waals surface area contributed by atoms with Gasteiger partial charge in [-0.2, -0.15) is 0 Å². The molecule has 0 aromatic heterocycles. The van der Waals surface area contributed by atoms with Crippen LogP contribution in [0.4, 0.5) is 0 Å². The summed E-state index contributed by atoms with van der Waals surface area (Å²) < 4.78 is 21.4. The topological polar surface area (TPSA) is 36.9 Å². The van der Waals surface area contributed by atoms with Gasteiger partial charge in [0, 0.05) is 5.41 Å². The molecule has 0 N–H and O–H groups in total. The molecule has 82 valence electrons. The number of hydrogen-bond donors (Lipinski definition) is 0. The van der Waals surface area contributed by atoms with E-state index in [9.17, 15) is 0 Å². The highest BCUT2D eigenvalue weighted by atomic mass is 16.7. The third kappa shape index (κ3) is 2.67. The van der Waals surface area contributed by atoms with Crippen molar-refractivity contribution in [3.05, 3.63) is 0 Å². The fourth-order valence-electron chi connectivity index (χ4n) is 1.57. The SMILES string of the molecule is CC1(COCC2OCCCO2)COC1. The van der Waals surface area contributed by atoms with Crippen molar-refractivity contribution in [2.75, 3.05) is 39.6 Å². The van der Waals surface area contributed by atoms with Gasteiger partial charge in [0.2, 0.25) is 0 Å². The zero-order valence-corrected chi connectivity index (χ0v) is 8.66. The average Bonchev–Trinajstić information content (AvgIpc) is 2.17. The van der Waals surface area contributed by atoms with Crippen LogP contribution >= 0.6 is 0 Å². The first-order valence-corrected chi connectivity index (χ1v) is 5.17. The van der Waals surface area contributed by atoms with Gasteiger partial charge in [-0.15, -0.1) is 0 Å². The maximum Gasteiger partial charge on any atom is 0.180 e. The first-order chi connectivity index (χ1) is 6.79. The van der Waals surface area contributed by atoms with Crippen molar-refractivity contribution in [1.29, 1.82) is 0 Å². The van der Waals surface area contributed by atoms with Crippen molar-refractivity contribution in [3.8, 4) is 0 Å². The highest BCUT2D eigenvalue weighted by Gasteiger charge is 2.33. The molecule has 0 aliphatic carbocycles. The molecule has 0 bridgehead atoms. The van der Waals surface area contributed by atoms with E-state index in [1.54, 1.807) is 0 Å². The molecular weight excluding hydrogens is 184 g/mol. The van der Waals surface area contributed by atoms with Crippen LogP contribution in [0.2, 0.25) is 0 Å². The summed E-state index contributed by atoms with van der Waals surface area (Å²) in [5, 5.41) is 0. The molecule has 0 radical (unpaired) electrons. The molecule has 2 saturated heterocycles. The second-order valence-corrected chi connectivity index (χ2v) is 4.34. The number of hydrogen-bond acceptors (Lipinski definition) is 4. The Morgan fingerprint density at radius 1 is 1.29 bits per heavy atom. The maximum absolute atomic E-state index is 5.55. The van der Waals surface area contributed by atoms with Gasteiger partial charge in [0.25, 0.3) is 0 Å². The summed E-state index contributed by atoms with van der Waals surface area (Å²) >= 11 is 0. The minimum atomic E-state index is -0.159. The van der Waals surface area contributed by atoms with E-state index < -0.39 is 0 Å². The Balaban J connectivity index is 1.57. The lowest BCUT2D eigenvalue weighted by atomic mass is 9.90. The summed E-state index contributed by atoms with van der Waals surface area (Å²) in [6.07, 6.45) is 0.829. The van der Waals surface area contributed by atoms with E-state index in [-0.39, 0.29) is 11.7 Å². The molecule has 0 unspecified atom stereocenters. The van der Waals surface area contributed by atoms with Gasteiger partial charge in [-0.05, 0) is 6.42 Å². The largest absolute Gasteiger partial charge is 0.380 e. The molecule has 2 fully saturated rings. The van der Waals surface area contributed by atoms with Crippen LogP contribution in [0.3, 0.4) is 0 Å². The molecule has 0 saturated carbocycles. The van der Waals surface area contributed by atoms with Crippen molar-refractivity contribution in [1.82, 2.24) is 0 Å². The normalized spacial score (nSPS) is 27.2. The molecule has 2 aliphatic heterocycles. The van der Waals surface area contributed by atoms with Crippen molar-refractivity contribution < 1.29 is 18.9 Å². The van der Waals surface area contributed by atoms with Gasteiger partial charge in [0.1, 0.15) is 0 Å². The molecule has 4 heteroatoms. The summed E-state index contributed by atoms with van der Waals surface area (Å²) in [5.41, 5.74) is 0.217. The van der Waals surface area contributed by atoms with Crippen LogP contribution in [0.5, 0.6) is 0 Å². The lowest BCUT2D eigenvalue weighted by Crippen LogP contribution is -2.44. The molecule has 4 nitrogen and oxygen atoms in total. The fourth-order valence-corrected chi connectivity index (χ4v) is 1.57. The van der Waals surface area contributed by atoms with Gasteiger partial charge in [-0.25, -0.2) is 0 Å². The van der Waals surface area contributed by atoms with Crippen LogP contribution < -0.4 is 0 Å². The summed E-state index contributed by atoms with van der Waals surface area (Å²) in [6.45, 7) is 6.62. The number of rotatable bonds is 4. The van der Waals surface area contributed by atoms with E-state index in [1.807, 2.05) is 0 Å². The Morgan fingerprint density at radius 2 is 2.00 bits per heavy atom. The first kappa shape index (κ1) is 10.4. The number of ether oxygens (including phenoxy) is 4. The summed E-state index contributed by atoms with van der Waals surface area (Å²) in [5.74, 6) is 0. The van der Waals surface area contributed by atoms with E-state index in [4.69, 9.17) is 18.9 Å². The summed E-state index contributed by atoms with van der Waals surface area (Å²) in [4.78, 5) is 0. The van der Waals surface area contributed by atoms with Gasteiger partial charge >= 0.3 is 0 Å². The molecule has 2 heterocycles. The molecule has 0 atom stereocenters. The molecule has 2 aliphatic rings. The second-order valence-electron chi connectivity index (χ2n) is 4.34. The van der Waals surface area contributed by atoms with Crippen molar-refractivity contribution >= 4 is 0 Å². The maximum atomic E-state index is 5.55. The van der Waals surface area contributed by atoms with Gasteiger partial charge in [-0.1, -0.05) is 6.92 Å². The third-order valence-corrected chi connectivity index (χ3v) is 2.50. The minimum absolute atomic E-state index is 0.159. The zero-order chi connectivity index (χ0) is 9.86. The average molecular weight is 202 g/mol. The summed E-state index contributed by atoms with van der Waals surface area (Å²) in [7, 11) is 0. The highest BCUT2D eigenvalue weighted by molar-refractivity contribution is 4.80. The van der Waals surface area contributed by atoms with Crippen molar-refractivity contribution in [3.63, 3.8) is 0 Å². The Hall–Kier alpha value is -0.160. The standard InChI is InChI=1S/C10H18O4/c1-10(7-12-8-10)6-11-5-9-13-3-2-4-14-9/h9H,2-8H2,1H3. The third-order valence-electron chi connectivity index (χ3n) is 2.50. The Labute approximate surface area is 84.5 Å². The van der Waals surface area contributed by atoms with E-state index in [2.05, 4.69) is 6.92 Å². The van der Waals surface area contributed by atoms with E-state index in [1.165, 1.54) is 0 Å².